The van der Waals surface area contributed by atoms with Gasteiger partial charge >= 0.3 is 0 Å². The van der Waals surface area contributed by atoms with Crippen LogP contribution in [0.2, 0.25) is 0 Å². The molecule has 4 aliphatic rings. The first-order valence-electron chi connectivity index (χ1n) is 12.8. The van der Waals surface area contributed by atoms with Crippen molar-refractivity contribution in [1.82, 2.24) is 9.80 Å². The second-order valence-electron chi connectivity index (χ2n) is 11.2. The summed E-state index contributed by atoms with van der Waals surface area (Å²) in [6.45, 7) is 1.82. The van der Waals surface area contributed by atoms with Gasteiger partial charge in [-0.2, -0.15) is 0 Å². The van der Waals surface area contributed by atoms with Crippen molar-refractivity contribution < 1.29 is 34.8 Å². The number of amides is 1. The number of rotatable bonds is 4. The standard InChI is InChI=1S/C27H34N4O7/c1-30(2)20-15-11-13-10-12-4-5-16(29-14-6-8-31(3)9-7-14)21(32)17(12)22(33)18(13)24(35)27(15,38)25(36)19(23(20)34)26(28)37/h4-5,13-15,20,29,32-33,36,38H,6-11H2,1-3H3,(H2,28,37)/t13-,15-,20-,27-/m0/s1. The minimum atomic E-state index is -2.63. The SMILES string of the molecule is CN1CCC(Nc2ccc3c(c2O)C(O)=C2C(=O)[C@]4(O)C(O)=C(C(N)=O)C(=O)[C@@H](N(C)C)[C@@H]4C[C@@H]2C3)CC1. The molecule has 11 nitrogen and oxygen atoms in total. The van der Waals surface area contributed by atoms with Gasteiger partial charge in [-0.3, -0.25) is 19.3 Å². The highest BCUT2D eigenvalue weighted by Crippen LogP contribution is 2.53. The van der Waals surface area contributed by atoms with Gasteiger partial charge in [-0.1, -0.05) is 6.07 Å². The van der Waals surface area contributed by atoms with Gasteiger partial charge in [0.2, 0.25) is 5.78 Å². The third kappa shape index (κ3) is 3.71. The smallest absolute Gasteiger partial charge is 0.255 e. The van der Waals surface area contributed by atoms with E-state index < -0.39 is 58.0 Å². The van der Waals surface area contributed by atoms with Crippen LogP contribution < -0.4 is 11.1 Å². The normalized spacial score (nSPS) is 30.3. The quantitative estimate of drug-likeness (QED) is 0.239. The fraction of sp³-hybridized carbons (Fsp3) is 0.519. The Morgan fingerprint density at radius 3 is 2.42 bits per heavy atom. The highest BCUT2D eigenvalue weighted by atomic mass is 16.3. The van der Waals surface area contributed by atoms with Crippen LogP contribution in [0.3, 0.4) is 0 Å². The zero-order valence-corrected chi connectivity index (χ0v) is 21.7. The van der Waals surface area contributed by atoms with E-state index in [1.54, 1.807) is 26.2 Å². The number of nitrogens with two attached hydrogens (primary N) is 1. The number of anilines is 1. The molecule has 204 valence electrons. The molecule has 0 spiro atoms. The number of aliphatic hydroxyl groups is 3. The molecule has 4 atom stereocenters. The number of aromatic hydroxyl groups is 1. The number of carbonyl (C=O) groups excluding carboxylic acids is 3. The molecule has 1 saturated carbocycles. The van der Waals surface area contributed by atoms with Gasteiger partial charge in [0.15, 0.2) is 11.4 Å². The molecule has 38 heavy (non-hydrogen) atoms. The van der Waals surface area contributed by atoms with Crippen molar-refractivity contribution in [3.8, 4) is 5.75 Å². The van der Waals surface area contributed by atoms with Crippen LogP contribution in [0, 0.1) is 11.8 Å². The Morgan fingerprint density at radius 2 is 1.82 bits per heavy atom. The monoisotopic (exact) mass is 526 g/mol. The number of phenols is 1. The van der Waals surface area contributed by atoms with Gasteiger partial charge in [0.1, 0.15) is 22.8 Å². The first-order chi connectivity index (χ1) is 17.9. The number of hydrogen-bond donors (Lipinski definition) is 6. The van der Waals surface area contributed by atoms with Crippen LogP contribution in [-0.2, 0) is 20.8 Å². The van der Waals surface area contributed by atoms with Gasteiger partial charge in [-0.25, -0.2) is 0 Å². The molecule has 1 amide bonds. The van der Waals surface area contributed by atoms with Gasteiger partial charge < -0.3 is 36.4 Å². The molecule has 1 aliphatic heterocycles. The Balaban J connectivity index is 1.59. The maximum atomic E-state index is 13.9. The highest BCUT2D eigenvalue weighted by Gasteiger charge is 2.64. The van der Waals surface area contributed by atoms with Gasteiger partial charge in [-0.15, -0.1) is 0 Å². The number of ketones is 2. The van der Waals surface area contributed by atoms with Crippen LogP contribution in [0.1, 0.15) is 30.4 Å². The molecule has 5 rings (SSSR count). The van der Waals surface area contributed by atoms with Crippen molar-refractivity contribution in [2.24, 2.45) is 17.6 Å². The average molecular weight is 527 g/mol. The molecule has 11 heteroatoms. The summed E-state index contributed by atoms with van der Waals surface area (Å²) in [4.78, 5) is 42.8. The minimum absolute atomic E-state index is 0.0715. The van der Waals surface area contributed by atoms with E-state index in [1.807, 2.05) is 0 Å². The van der Waals surface area contributed by atoms with E-state index in [0.29, 0.717) is 11.3 Å². The summed E-state index contributed by atoms with van der Waals surface area (Å²) < 4.78 is 0. The van der Waals surface area contributed by atoms with Crippen molar-refractivity contribution in [3.05, 3.63) is 40.2 Å². The van der Waals surface area contributed by atoms with E-state index in [-0.39, 0.29) is 35.8 Å². The van der Waals surface area contributed by atoms with E-state index in [9.17, 15) is 34.8 Å². The number of likely N-dealkylation sites (tertiary alicyclic amines) is 1. The van der Waals surface area contributed by atoms with E-state index >= 15 is 0 Å². The number of likely N-dealkylation sites (N-methyl/N-ethyl adjacent to an activating group) is 1. The molecular weight excluding hydrogens is 492 g/mol. The molecule has 1 aromatic rings. The van der Waals surface area contributed by atoms with Crippen LogP contribution in [0.25, 0.3) is 5.76 Å². The second-order valence-corrected chi connectivity index (χ2v) is 11.2. The third-order valence-corrected chi connectivity index (χ3v) is 8.67. The molecule has 1 saturated heterocycles. The molecule has 0 unspecified atom stereocenters. The maximum Gasteiger partial charge on any atom is 0.255 e. The summed E-state index contributed by atoms with van der Waals surface area (Å²) in [7, 11) is 5.20. The minimum Gasteiger partial charge on any atom is -0.508 e. The van der Waals surface area contributed by atoms with E-state index in [0.717, 1.165) is 25.9 Å². The number of Topliss-reactive ketones (excluding diaryl/α,β-unsaturated/α-hetero) is 2. The lowest BCUT2D eigenvalue weighted by atomic mass is 9.57. The fourth-order valence-corrected chi connectivity index (χ4v) is 6.71. The Morgan fingerprint density at radius 1 is 1.16 bits per heavy atom. The van der Waals surface area contributed by atoms with Crippen LogP contribution in [-0.4, -0.2) is 99.6 Å². The summed E-state index contributed by atoms with van der Waals surface area (Å²) >= 11 is 0. The summed E-state index contributed by atoms with van der Waals surface area (Å²) in [5.41, 5.74) is 2.91. The predicted molar refractivity (Wildman–Crippen MR) is 138 cm³/mol. The Bertz CT molecular complexity index is 1290. The van der Waals surface area contributed by atoms with Crippen molar-refractivity contribution >= 4 is 28.9 Å². The molecule has 0 aromatic heterocycles. The number of piperidine rings is 1. The number of nitrogens with zero attached hydrogens (tertiary/aromatic N) is 2. The van der Waals surface area contributed by atoms with Gasteiger partial charge in [0, 0.05) is 17.5 Å². The van der Waals surface area contributed by atoms with Crippen molar-refractivity contribution in [2.45, 2.75) is 43.4 Å². The number of fused-ring (bicyclic) bond motifs is 3. The molecule has 0 bridgehead atoms. The number of aliphatic hydroxyl groups excluding tert-OH is 2. The Hall–Kier alpha value is -3.41. The molecule has 7 N–H and O–H groups in total. The Labute approximate surface area is 220 Å². The largest absolute Gasteiger partial charge is 0.508 e. The van der Waals surface area contributed by atoms with E-state index in [2.05, 4.69) is 17.3 Å². The predicted octanol–water partition coefficient (Wildman–Crippen LogP) is 0.470. The Kier molecular flexibility index (Phi) is 6.28. The molecular formula is C27H34N4O7. The number of nitrogens with one attached hydrogen (secondary N) is 1. The second kappa shape index (κ2) is 9.11. The van der Waals surface area contributed by atoms with Crippen LogP contribution in [0.4, 0.5) is 5.69 Å². The number of hydrogen-bond acceptors (Lipinski definition) is 10. The van der Waals surface area contributed by atoms with E-state index in [4.69, 9.17) is 5.73 Å². The molecule has 0 radical (unpaired) electrons. The lowest BCUT2D eigenvalue weighted by Crippen LogP contribution is -2.65. The third-order valence-electron chi connectivity index (χ3n) is 8.67. The van der Waals surface area contributed by atoms with Crippen LogP contribution in [0.5, 0.6) is 5.75 Å². The van der Waals surface area contributed by atoms with Crippen LogP contribution in [0.15, 0.2) is 29.0 Å². The molecule has 1 aromatic carbocycles. The number of primary amides is 1. The zero-order valence-electron chi connectivity index (χ0n) is 21.7. The fourth-order valence-electron chi connectivity index (χ4n) is 6.71. The number of benzene rings is 1. The molecule has 2 fully saturated rings. The van der Waals surface area contributed by atoms with Gasteiger partial charge in [0.05, 0.1) is 17.3 Å². The topological polar surface area (TPSA) is 177 Å². The summed E-state index contributed by atoms with van der Waals surface area (Å²) in [6.07, 6.45) is 2.11. The number of carbonyl (C=O) groups is 3. The lowest BCUT2D eigenvalue weighted by molar-refractivity contribution is -0.153. The van der Waals surface area contributed by atoms with Crippen LogP contribution >= 0.6 is 0 Å². The maximum absolute atomic E-state index is 13.9. The lowest BCUT2D eigenvalue weighted by Gasteiger charge is -2.50. The number of phenolic OH excluding ortho intramolecular Hbond substituents is 1. The molecule has 1 heterocycles. The average Bonchev–Trinajstić information content (AvgIpc) is 2.84. The summed E-state index contributed by atoms with van der Waals surface area (Å²) in [5, 5.41) is 48.4. The van der Waals surface area contributed by atoms with Gasteiger partial charge in [-0.05, 0) is 77.5 Å². The first kappa shape index (κ1) is 26.2. The summed E-state index contributed by atoms with van der Waals surface area (Å²) in [6, 6.07) is 2.59. The first-order valence-corrected chi connectivity index (χ1v) is 12.8. The molecule has 3 aliphatic carbocycles. The highest BCUT2D eigenvalue weighted by molar-refractivity contribution is 6.24. The van der Waals surface area contributed by atoms with Crippen molar-refractivity contribution in [2.75, 3.05) is 39.5 Å². The van der Waals surface area contributed by atoms with Crippen molar-refractivity contribution in [1.29, 1.82) is 0 Å². The van der Waals surface area contributed by atoms with Gasteiger partial charge in [0.25, 0.3) is 5.91 Å². The van der Waals surface area contributed by atoms with E-state index in [1.165, 1.54) is 4.90 Å². The summed E-state index contributed by atoms with van der Waals surface area (Å²) in [5.74, 6) is -6.46. The van der Waals surface area contributed by atoms with Crippen molar-refractivity contribution in [3.63, 3.8) is 0 Å². The zero-order chi connectivity index (χ0) is 27.7.